The molecule has 0 radical (unpaired) electrons. The Morgan fingerprint density at radius 2 is 2.27 bits per heavy atom. The topological polar surface area (TPSA) is 41.5 Å². The molecule has 1 aliphatic rings. The summed E-state index contributed by atoms with van der Waals surface area (Å²) in [6, 6.07) is 5.80. The Bertz CT molecular complexity index is 332. The number of aromatic hydroxyl groups is 1. The molecule has 0 unspecified atom stereocenters. The fourth-order valence-corrected chi connectivity index (χ4v) is 2.06. The largest absolute Gasteiger partial charge is 0.507 e. The minimum absolute atomic E-state index is 0.296. The summed E-state index contributed by atoms with van der Waals surface area (Å²) in [5.74, 6) is 1.03. The van der Waals surface area contributed by atoms with Gasteiger partial charge in [0.1, 0.15) is 11.5 Å². The molecule has 3 heteroatoms. The van der Waals surface area contributed by atoms with Crippen LogP contribution in [0.4, 0.5) is 0 Å². The van der Waals surface area contributed by atoms with E-state index < -0.39 is 0 Å². The van der Waals surface area contributed by atoms with E-state index in [-0.39, 0.29) is 0 Å². The van der Waals surface area contributed by atoms with Gasteiger partial charge in [-0.05, 0) is 25.5 Å². The summed E-state index contributed by atoms with van der Waals surface area (Å²) in [5.41, 5.74) is 0.982. The van der Waals surface area contributed by atoms with E-state index in [9.17, 15) is 5.11 Å². The van der Waals surface area contributed by atoms with Crippen LogP contribution in [0.1, 0.15) is 30.9 Å². The average molecular weight is 207 g/mol. The van der Waals surface area contributed by atoms with Gasteiger partial charge in [0.15, 0.2) is 0 Å². The first-order valence-electron chi connectivity index (χ1n) is 5.41. The molecule has 1 atom stereocenters. The molecular formula is C12H17NO2. The van der Waals surface area contributed by atoms with Crippen LogP contribution in [-0.2, 0) is 0 Å². The fraction of sp³-hybridized carbons (Fsp3) is 0.500. The third-order valence-electron chi connectivity index (χ3n) is 2.92. The van der Waals surface area contributed by atoms with Gasteiger partial charge in [-0.2, -0.15) is 0 Å². The highest BCUT2D eigenvalue weighted by Crippen LogP contribution is 2.32. The number of hydrogen-bond acceptors (Lipinski definition) is 3. The summed E-state index contributed by atoms with van der Waals surface area (Å²) < 4.78 is 5.06. The maximum Gasteiger partial charge on any atom is 0.124 e. The molecular weight excluding hydrogens is 190 g/mol. The highest BCUT2D eigenvalue weighted by atomic mass is 16.5. The normalized spacial score (nSPS) is 21.3. The first kappa shape index (κ1) is 10.3. The monoisotopic (exact) mass is 207 g/mol. The number of ether oxygens (including phenoxy) is 1. The van der Waals surface area contributed by atoms with E-state index in [0.717, 1.165) is 18.5 Å². The smallest absolute Gasteiger partial charge is 0.124 e. The van der Waals surface area contributed by atoms with E-state index in [1.54, 1.807) is 13.2 Å². The number of hydrogen-bond donors (Lipinski definition) is 2. The number of methoxy groups -OCH3 is 1. The number of piperidine rings is 1. The molecule has 82 valence electrons. The van der Waals surface area contributed by atoms with Crippen LogP contribution in [0.15, 0.2) is 18.2 Å². The van der Waals surface area contributed by atoms with Crippen molar-refractivity contribution in [3.8, 4) is 11.5 Å². The molecule has 1 fully saturated rings. The van der Waals surface area contributed by atoms with Gasteiger partial charge in [-0.15, -0.1) is 0 Å². The molecule has 0 spiro atoms. The van der Waals surface area contributed by atoms with Crippen molar-refractivity contribution < 1.29 is 9.84 Å². The highest BCUT2D eigenvalue weighted by molar-refractivity contribution is 5.41. The maximum absolute atomic E-state index is 9.85. The molecule has 3 nitrogen and oxygen atoms in total. The Morgan fingerprint density at radius 1 is 1.40 bits per heavy atom. The van der Waals surface area contributed by atoms with Crippen molar-refractivity contribution in [3.05, 3.63) is 23.8 Å². The van der Waals surface area contributed by atoms with Gasteiger partial charge in [-0.1, -0.05) is 12.5 Å². The van der Waals surface area contributed by atoms with Crippen molar-refractivity contribution in [2.75, 3.05) is 13.7 Å². The van der Waals surface area contributed by atoms with Crippen molar-refractivity contribution in [2.45, 2.75) is 25.3 Å². The quantitative estimate of drug-likeness (QED) is 0.781. The van der Waals surface area contributed by atoms with E-state index in [1.807, 2.05) is 12.1 Å². The van der Waals surface area contributed by atoms with Crippen LogP contribution in [0, 0.1) is 0 Å². The molecule has 1 aliphatic heterocycles. The van der Waals surface area contributed by atoms with Gasteiger partial charge >= 0.3 is 0 Å². The summed E-state index contributed by atoms with van der Waals surface area (Å²) >= 11 is 0. The SMILES string of the molecule is COc1ccc([C@H]2CCCCN2)c(O)c1. The molecule has 0 aliphatic carbocycles. The third kappa shape index (κ3) is 2.23. The van der Waals surface area contributed by atoms with Gasteiger partial charge < -0.3 is 15.2 Å². The average Bonchev–Trinajstić information content (AvgIpc) is 2.30. The first-order valence-corrected chi connectivity index (χ1v) is 5.41. The molecule has 1 heterocycles. The van der Waals surface area contributed by atoms with E-state index in [2.05, 4.69) is 5.32 Å². The summed E-state index contributed by atoms with van der Waals surface area (Å²) in [4.78, 5) is 0. The number of phenolic OH excluding ortho intramolecular Hbond substituents is 1. The van der Waals surface area contributed by atoms with Crippen LogP contribution >= 0.6 is 0 Å². The van der Waals surface area contributed by atoms with E-state index in [0.29, 0.717) is 17.5 Å². The van der Waals surface area contributed by atoms with Crippen molar-refractivity contribution in [2.24, 2.45) is 0 Å². The molecule has 0 bridgehead atoms. The summed E-state index contributed by atoms with van der Waals surface area (Å²) in [5, 5.41) is 13.3. The maximum atomic E-state index is 9.85. The molecule has 1 saturated heterocycles. The Morgan fingerprint density at radius 3 is 2.87 bits per heavy atom. The van der Waals surface area contributed by atoms with Crippen LogP contribution in [0.3, 0.4) is 0 Å². The second-order valence-corrected chi connectivity index (χ2v) is 3.93. The molecule has 1 aromatic carbocycles. The zero-order valence-corrected chi connectivity index (χ0v) is 8.99. The lowest BCUT2D eigenvalue weighted by atomic mass is 9.97. The highest BCUT2D eigenvalue weighted by Gasteiger charge is 2.17. The molecule has 0 aromatic heterocycles. The third-order valence-corrected chi connectivity index (χ3v) is 2.92. The van der Waals surface area contributed by atoms with Crippen LogP contribution in [0.2, 0.25) is 0 Å². The van der Waals surface area contributed by atoms with Crippen molar-refractivity contribution >= 4 is 0 Å². The van der Waals surface area contributed by atoms with Crippen molar-refractivity contribution in [1.82, 2.24) is 5.32 Å². The van der Waals surface area contributed by atoms with Crippen molar-refractivity contribution in [1.29, 1.82) is 0 Å². The summed E-state index contributed by atoms with van der Waals surface area (Å²) in [7, 11) is 1.60. The van der Waals surface area contributed by atoms with Crippen molar-refractivity contribution in [3.63, 3.8) is 0 Å². The molecule has 1 aromatic rings. The fourth-order valence-electron chi connectivity index (χ4n) is 2.06. The van der Waals surface area contributed by atoms with Crippen LogP contribution < -0.4 is 10.1 Å². The second-order valence-electron chi connectivity index (χ2n) is 3.93. The number of phenols is 1. The molecule has 0 saturated carbocycles. The predicted octanol–water partition coefficient (Wildman–Crippen LogP) is 2.22. The van der Waals surface area contributed by atoms with Crippen LogP contribution in [-0.4, -0.2) is 18.8 Å². The Kier molecular flexibility index (Phi) is 3.11. The van der Waals surface area contributed by atoms with E-state index in [1.165, 1.54) is 12.8 Å². The molecule has 0 amide bonds. The van der Waals surface area contributed by atoms with Crippen LogP contribution in [0.5, 0.6) is 11.5 Å². The lowest BCUT2D eigenvalue weighted by molar-refractivity contribution is 0.383. The molecule has 15 heavy (non-hydrogen) atoms. The van der Waals surface area contributed by atoms with Gasteiger partial charge in [0, 0.05) is 17.7 Å². The Labute approximate surface area is 90.1 Å². The zero-order chi connectivity index (χ0) is 10.7. The van der Waals surface area contributed by atoms with Gasteiger partial charge in [0.2, 0.25) is 0 Å². The lowest BCUT2D eigenvalue weighted by Crippen LogP contribution is -2.26. The summed E-state index contributed by atoms with van der Waals surface area (Å²) in [6.07, 6.45) is 3.55. The molecule has 2 N–H and O–H groups in total. The van der Waals surface area contributed by atoms with Crippen LogP contribution in [0.25, 0.3) is 0 Å². The van der Waals surface area contributed by atoms with Gasteiger partial charge in [0.05, 0.1) is 7.11 Å². The van der Waals surface area contributed by atoms with Gasteiger partial charge in [0.25, 0.3) is 0 Å². The Hall–Kier alpha value is -1.22. The minimum Gasteiger partial charge on any atom is -0.507 e. The lowest BCUT2D eigenvalue weighted by Gasteiger charge is -2.24. The number of rotatable bonds is 2. The minimum atomic E-state index is 0.296. The number of nitrogens with one attached hydrogen (secondary N) is 1. The zero-order valence-electron chi connectivity index (χ0n) is 8.99. The Balaban J connectivity index is 2.19. The van der Waals surface area contributed by atoms with E-state index >= 15 is 0 Å². The predicted molar refractivity (Wildman–Crippen MR) is 59.3 cm³/mol. The van der Waals surface area contributed by atoms with E-state index in [4.69, 9.17) is 4.74 Å². The van der Waals surface area contributed by atoms with Gasteiger partial charge in [-0.25, -0.2) is 0 Å². The standard InChI is InChI=1S/C12H17NO2/c1-15-9-5-6-10(12(14)8-9)11-4-2-3-7-13-11/h5-6,8,11,13-14H,2-4,7H2,1H3/t11-/m1/s1. The first-order chi connectivity index (χ1) is 7.31. The second kappa shape index (κ2) is 4.53. The molecule has 2 rings (SSSR count). The van der Waals surface area contributed by atoms with Gasteiger partial charge in [-0.3, -0.25) is 0 Å². The summed E-state index contributed by atoms with van der Waals surface area (Å²) in [6.45, 7) is 1.04. The number of benzene rings is 1.